The first-order chi connectivity index (χ1) is 8.25. The van der Waals surface area contributed by atoms with E-state index in [1.54, 1.807) is 24.3 Å². The third kappa shape index (κ3) is 1.64. The van der Waals surface area contributed by atoms with E-state index in [0.29, 0.717) is 24.5 Å². The van der Waals surface area contributed by atoms with Gasteiger partial charge in [0, 0.05) is 12.1 Å². The Bertz CT molecular complexity index is 595. The Hall–Kier alpha value is -2.01. The maximum Gasteiger partial charge on any atom is 0.277 e. The summed E-state index contributed by atoms with van der Waals surface area (Å²) in [5.41, 5.74) is 2.27. The minimum absolute atomic E-state index is 0.0783. The molecule has 1 aliphatic rings. The summed E-state index contributed by atoms with van der Waals surface area (Å²) in [6.07, 6.45) is 0.732. The molecule has 2 N–H and O–H groups in total. The number of benzene rings is 1. The standard InChI is InChI=1S/C12H12N2O3/c15-9-3-1-8(2-4-9)14-12(16)10-7-17-6-5-11(10)13-14/h1-4,13,15H,5-7H2. The number of ether oxygens (including phenoxy) is 1. The van der Waals surface area contributed by atoms with E-state index in [1.165, 1.54) is 4.68 Å². The molecule has 2 heterocycles. The molecule has 17 heavy (non-hydrogen) atoms. The molecule has 0 bridgehead atoms. The average molecular weight is 232 g/mol. The number of aromatic nitrogens is 2. The molecule has 5 heteroatoms. The van der Waals surface area contributed by atoms with Gasteiger partial charge in [0.1, 0.15) is 5.75 Å². The average Bonchev–Trinajstić information content (AvgIpc) is 2.69. The van der Waals surface area contributed by atoms with Crippen molar-refractivity contribution in [3.8, 4) is 11.4 Å². The third-order valence-corrected chi connectivity index (χ3v) is 2.92. The number of aromatic hydroxyl groups is 1. The third-order valence-electron chi connectivity index (χ3n) is 2.92. The zero-order chi connectivity index (χ0) is 11.8. The molecule has 0 unspecified atom stereocenters. The number of nitrogens with one attached hydrogen (secondary N) is 1. The number of phenols is 1. The number of hydrogen-bond acceptors (Lipinski definition) is 3. The van der Waals surface area contributed by atoms with Crippen LogP contribution in [0.1, 0.15) is 11.3 Å². The van der Waals surface area contributed by atoms with Crippen LogP contribution >= 0.6 is 0 Å². The molecule has 0 saturated carbocycles. The predicted molar refractivity (Wildman–Crippen MR) is 61.4 cm³/mol. The van der Waals surface area contributed by atoms with E-state index < -0.39 is 0 Å². The van der Waals surface area contributed by atoms with Crippen molar-refractivity contribution >= 4 is 0 Å². The molecule has 0 saturated heterocycles. The second kappa shape index (κ2) is 3.78. The van der Waals surface area contributed by atoms with Crippen LogP contribution in [0.4, 0.5) is 0 Å². The molecule has 0 spiro atoms. The normalized spacial score (nSPS) is 14.6. The largest absolute Gasteiger partial charge is 0.508 e. The molecule has 3 rings (SSSR count). The summed E-state index contributed by atoms with van der Waals surface area (Å²) in [6, 6.07) is 6.50. The van der Waals surface area contributed by atoms with Crippen molar-refractivity contribution in [1.82, 2.24) is 9.78 Å². The van der Waals surface area contributed by atoms with Crippen LogP contribution < -0.4 is 5.56 Å². The van der Waals surface area contributed by atoms with Crippen LogP contribution in [0, 0.1) is 0 Å². The summed E-state index contributed by atoms with van der Waals surface area (Å²) in [7, 11) is 0. The number of hydrogen-bond donors (Lipinski definition) is 2. The number of nitrogens with zero attached hydrogens (tertiary/aromatic N) is 1. The number of H-pyrrole nitrogens is 1. The first kappa shape index (κ1) is 10.2. The van der Waals surface area contributed by atoms with Gasteiger partial charge in [-0.05, 0) is 24.3 Å². The summed E-state index contributed by atoms with van der Waals surface area (Å²) in [5, 5.41) is 12.3. The second-order valence-corrected chi connectivity index (χ2v) is 4.03. The van der Waals surface area contributed by atoms with E-state index >= 15 is 0 Å². The summed E-state index contributed by atoms with van der Waals surface area (Å²) in [5.74, 6) is 0.182. The highest BCUT2D eigenvalue weighted by molar-refractivity contribution is 5.37. The fourth-order valence-electron chi connectivity index (χ4n) is 2.00. The van der Waals surface area contributed by atoms with Crippen LogP contribution in [0.3, 0.4) is 0 Å². The minimum Gasteiger partial charge on any atom is -0.508 e. The zero-order valence-corrected chi connectivity index (χ0v) is 9.14. The maximum atomic E-state index is 12.1. The highest BCUT2D eigenvalue weighted by Gasteiger charge is 2.18. The Kier molecular flexibility index (Phi) is 2.26. The molecule has 0 fully saturated rings. The van der Waals surface area contributed by atoms with Crippen molar-refractivity contribution in [3.63, 3.8) is 0 Å². The maximum absolute atomic E-state index is 12.1. The monoisotopic (exact) mass is 232 g/mol. The molecule has 1 aliphatic heterocycles. The smallest absolute Gasteiger partial charge is 0.277 e. The van der Waals surface area contributed by atoms with Crippen LogP contribution in [-0.2, 0) is 17.8 Å². The van der Waals surface area contributed by atoms with Gasteiger partial charge in [-0.25, -0.2) is 4.68 Å². The number of fused-ring (bicyclic) bond motifs is 1. The van der Waals surface area contributed by atoms with Gasteiger partial charge in [0.2, 0.25) is 0 Å². The lowest BCUT2D eigenvalue weighted by Gasteiger charge is -2.08. The number of rotatable bonds is 1. The SMILES string of the molecule is O=c1c2c([nH]n1-c1ccc(O)cc1)CCOC2. The van der Waals surface area contributed by atoms with Crippen molar-refractivity contribution in [2.75, 3.05) is 6.61 Å². The van der Waals surface area contributed by atoms with Gasteiger partial charge in [-0.2, -0.15) is 0 Å². The van der Waals surface area contributed by atoms with Crippen LogP contribution in [0.15, 0.2) is 29.1 Å². The first-order valence-electron chi connectivity index (χ1n) is 5.45. The van der Waals surface area contributed by atoms with Crippen LogP contribution in [0.5, 0.6) is 5.75 Å². The first-order valence-corrected chi connectivity index (χ1v) is 5.45. The van der Waals surface area contributed by atoms with Gasteiger partial charge in [0.05, 0.1) is 24.5 Å². The molecule has 0 radical (unpaired) electrons. The van der Waals surface area contributed by atoms with Gasteiger partial charge in [-0.3, -0.25) is 9.89 Å². The molecule has 2 aromatic rings. The van der Waals surface area contributed by atoms with Crippen molar-refractivity contribution in [3.05, 3.63) is 45.9 Å². The Labute approximate surface area is 97.3 Å². The van der Waals surface area contributed by atoms with Gasteiger partial charge >= 0.3 is 0 Å². The van der Waals surface area contributed by atoms with Crippen molar-refractivity contribution in [2.24, 2.45) is 0 Å². The molecular weight excluding hydrogens is 220 g/mol. The quantitative estimate of drug-likeness (QED) is 0.769. The molecule has 1 aromatic heterocycles. The molecule has 0 atom stereocenters. The summed E-state index contributed by atoms with van der Waals surface area (Å²) < 4.78 is 6.76. The van der Waals surface area contributed by atoms with E-state index in [9.17, 15) is 9.90 Å². The number of aromatic amines is 1. The van der Waals surface area contributed by atoms with E-state index in [2.05, 4.69) is 5.10 Å². The second-order valence-electron chi connectivity index (χ2n) is 4.03. The van der Waals surface area contributed by atoms with Gasteiger partial charge in [-0.1, -0.05) is 0 Å². The van der Waals surface area contributed by atoms with Crippen LogP contribution in [-0.4, -0.2) is 21.5 Å². The number of phenolic OH excluding ortho intramolecular Hbond substituents is 1. The van der Waals surface area contributed by atoms with E-state index in [-0.39, 0.29) is 11.3 Å². The fraction of sp³-hybridized carbons (Fsp3) is 0.250. The Morgan fingerprint density at radius 1 is 1.29 bits per heavy atom. The van der Waals surface area contributed by atoms with Crippen LogP contribution in [0.2, 0.25) is 0 Å². The molecular formula is C12H12N2O3. The van der Waals surface area contributed by atoms with Gasteiger partial charge in [-0.15, -0.1) is 0 Å². The predicted octanol–water partition coefficient (Wildman–Crippen LogP) is 0.944. The lowest BCUT2D eigenvalue weighted by molar-refractivity contribution is 0.109. The van der Waals surface area contributed by atoms with Crippen molar-refractivity contribution in [1.29, 1.82) is 0 Å². The van der Waals surface area contributed by atoms with E-state index in [0.717, 1.165) is 12.1 Å². The highest BCUT2D eigenvalue weighted by Crippen LogP contribution is 2.15. The van der Waals surface area contributed by atoms with Crippen molar-refractivity contribution in [2.45, 2.75) is 13.0 Å². The van der Waals surface area contributed by atoms with Gasteiger partial charge in [0.15, 0.2) is 0 Å². The molecule has 5 nitrogen and oxygen atoms in total. The van der Waals surface area contributed by atoms with Gasteiger partial charge in [0.25, 0.3) is 5.56 Å². The van der Waals surface area contributed by atoms with Crippen molar-refractivity contribution < 1.29 is 9.84 Å². The highest BCUT2D eigenvalue weighted by atomic mass is 16.5. The molecule has 0 aliphatic carbocycles. The summed E-state index contributed by atoms with van der Waals surface area (Å²) >= 11 is 0. The Morgan fingerprint density at radius 3 is 2.76 bits per heavy atom. The topological polar surface area (TPSA) is 67.2 Å². The van der Waals surface area contributed by atoms with E-state index in [1.807, 2.05) is 0 Å². The molecule has 1 aromatic carbocycles. The Morgan fingerprint density at radius 2 is 2.06 bits per heavy atom. The minimum atomic E-state index is -0.0783. The lowest BCUT2D eigenvalue weighted by Crippen LogP contribution is -2.19. The zero-order valence-electron chi connectivity index (χ0n) is 9.14. The molecule has 0 amide bonds. The van der Waals surface area contributed by atoms with Crippen LogP contribution in [0.25, 0.3) is 5.69 Å². The summed E-state index contributed by atoms with van der Waals surface area (Å²) in [4.78, 5) is 12.1. The summed E-state index contributed by atoms with van der Waals surface area (Å²) in [6.45, 7) is 1.01. The lowest BCUT2D eigenvalue weighted by atomic mass is 10.2. The Balaban J connectivity index is 2.12. The fourth-order valence-corrected chi connectivity index (χ4v) is 2.00. The van der Waals surface area contributed by atoms with Gasteiger partial charge < -0.3 is 9.84 Å². The molecule has 88 valence electrons. The van der Waals surface area contributed by atoms with E-state index in [4.69, 9.17) is 4.74 Å².